The van der Waals surface area contributed by atoms with Crippen LogP contribution in [0.3, 0.4) is 0 Å². The number of ether oxygens (including phenoxy) is 1. The Bertz CT molecular complexity index is 1530. The molecule has 5 aromatic rings. The van der Waals surface area contributed by atoms with Crippen LogP contribution in [0.15, 0.2) is 84.2 Å². The van der Waals surface area contributed by atoms with Crippen LogP contribution in [0.1, 0.15) is 38.5 Å². The van der Waals surface area contributed by atoms with Crippen LogP contribution in [0.25, 0.3) is 33.3 Å². The molecule has 0 radical (unpaired) electrons. The Morgan fingerprint density at radius 2 is 1.73 bits per heavy atom. The minimum atomic E-state index is -0.282. The van der Waals surface area contributed by atoms with Crippen molar-refractivity contribution in [2.75, 3.05) is 0 Å². The predicted octanol–water partition coefficient (Wildman–Crippen LogP) is 7.29. The van der Waals surface area contributed by atoms with Crippen molar-refractivity contribution < 1.29 is 9.53 Å². The van der Waals surface area contributed by atoms with Gasteiger partial charge in [0, 0.05) is 10.3 Å². The van der Waals surface area contributed by atoms with Crippen LogP contribution in [0.5, 0.6) is 0 Å². The first kappa shape index (κ1) is 19.9. The number of para-hydroxylation sites is 1. The standard InChI is InChI=1S/C29H21NO2S/c31-29(32-18-21-9-5-8-19-7-1-2-11-23(19)21)27-24-12-3-4-13-26(24)30-28-20(14-15-25(27)28)17-22-10-6-16-33-22/h1-13,16-17H,14-15,18H2. The second kappa shape index (κ2) is 8.30. The summed E-state index contributed by atoms with van der Waals surface area (Å²) in [5.41, 5.74) is 5.60. The molecule has 6 rings (SSSR count). The molecule has 0 N–H and O–H groups in total. The maximum Gasteiger partial charge on any atom is 0.339 e. The Morgan fingerprint density at radius 1 is 0.909 bits per heavy atom. The van der Waals surface area contributed by atoms with Crippen LogP contribution >= 0.6 is 11.3 Å². The average Bonchev–Trinajstić information content (AvgIpc) is 3.51. The molecular weight excluding hydrogens is 426 g/mol. The number of allylic oxidation sites excluding steroid dienone is 1. The van der Waals surface area contributed by atoms with E-state index in [1.165, 1.54) is 10.5 Å². The number of hydrogen-bond donors (Lipinski definition) is 0. The van der Waals surface area contributed by atoms with Gasteiger partial charge in [-0.2, -0.15) is 0 Å². The van der Waals surface area contributed by atoms with Gasteiger partial charge in [-0.15, -0.1) is 11.3 Å². The number of aromatic nitrogens is 1. The number of pyridine rings is 1. The number of rotatable bonds is 4. The number of thiophene rings is 1. The van der Waals surface area contributed by atoms with Gasteiger partial charge in [-0.25, -0.2) is 9.78 Å². The van der Waals surface area contributed by atoms with Crippen molar-refractivity contribution in [3.05, 3.63) is 112 Å². The maximum absolute atomic E-state index is 13.5. The van der Waals surface area contributed by atoms with E-state index in [4.69, 9.17) is 9.72 Å². The Balaban J connectivity index is 1.40. The molecule has 2 heterocycles. The maximum atomic E-state index is 13.5. The molecule has 0 spiro atoms. The monoisotopic (exact) mass is 447 g/mol. The first-order valence-electron chi connectivity index (χ1n) is 11.1. The van der Waals surface area contributed by atoms with Crippen molar-refractivity contribution in [1.29, 1.82) is 0 Å². The lowest BCUT2D eigenvalue weighted by molar-refractivity contribution is 0.0475. The minimum Gasteiger partial charge on any atom is -0.457 e. The molecule has 3 nitrogen and oxygen atoms in total. The molecule has 0 amide bonds. The Labute approximate surface area is 196 Å². The fourth-order valence-electron chi connectivity index (χ4n) is 4.69. The van der Waals surface area contributed by atoms with Crippen LogP contribution < -0.4 is 0 Å². The fourth-order valence-corrected chi connectivity index (χ4v) is 5.37. The SMILES string of the molecule is O=C(OCc1cccc2ccccc12)c1c2c(nc3ccccc13)C(=Cc1cccs1)CC2. The van der Waals surface area contributed by atoms with Gasteiger partial charge in [-0.1, -0.05) is 66.7 Å². The van der Waals surface area contributed by atoms with Gasteiger partial charge in [0.25, 0.3) is 0 Å². The van der Waals surface area contributed by atoms with Crippen LogP contribution in [0.2, 0.25) is 0 Å². The highest BCUT2D eigenvalue weighted by atomic mass is 32.1. The largest absolute Gasteiger partial charge is 0.457 e. The highest BCUT2D eigenvalue weighted by molar-refractivity contribution is 7.10. The summed E-state index contributed by atoms with van der Waals surface area (Å²) in [6.45, 7) is 0.240. The summed E-state index contributed by atoms with van der Waals surface area (Å²) in [4.78, 5) is 19.6. The van der Waals surface area contributed by atoms with E-state index in [1.807, 2.05) is 48.5 Å². The van der Waals surface area contributed by atoms with E-state index in [9.17, 15) is 4.79 Å². The van der Waals surface area contributed by atoms with Crippen LogP contribution in [0.4, 0.5) is 0 Å². The Hall–Kier alpha value is -3.76. The number of carbonyl (C=O) groups excluding carboxylic acids is 1. The van der Waals surface area contributed by atoms with Crippen molar-refractivity contribution in [2.45, 2.75) is 19.4 Å². The summed E-state index contributed by atoms with van der Waals surface area (Å²) in [5.74, 6) is -0.282. The number of carbonyl (C=O) groups is 1. The molecule has 0 atom stereocenters. The molecule has 2 aromatic heterocycles. The second-order valence-corrected chi connectivity index (χ2v) is 9.21. The van der Waals surface area contributed by atoms with Gasteiger partial charge in [0.2, 0.25) is 0 Å². The zero-order chi connectivity index (χ0) is 22.2. The van der Waals surface area contributed by atoms with Crippen LogP contribution in [-0.2, 0) is 17.8 Å². The number of fused-ring (bicyclic) bond motifs is 3. The summed E-state index contributed by atoms with van der Waals surface area (Å²) in [6, 6.07) is 26.3. The highest BCUT2D eigenvalue weighted by Crippen LogP contribution is 2.38. The molecule has 4 heteroatoms. The van der Waals surface area contributed by atoms with E-state index < -0.39 is 0 Å². The minimum absolute atomic E-state index is 0.240. The predicted molar refractivity (Wildman–Crippen MR) is 135 cm³/mol. The zero-order valence-electron chi connectivity index (χ0n) is 18.0. The average molecular weight is 448 g/mol. The van der Waals surface area contributed by atoms with Crippen molar-refractivity contribution in [3.8, 4) is 0 Å². The second-order valence-electron chi connectivity index (χ2n) is 8.23. The lowest BCUT2D eigenvalue weighted by Gasteiger charge is -2.13. The molecule has 0 unspecified atom stereocenters. The number of nitrogens with zero attached hydrogens (tertiary/aromatic N) is 1. The van der Waals surface area contributed by atoms with Gasteiger partial charge in [-0.05, 0) is 63.9 Å². The quantitative estimate of drug-likeness (QED) is 0.272. The summed E-state index contributed by atoms with van der Waals surface area (Å²) >= 11 is 1.71. The summed E-state index contributed by atoms with van der Waals surface area (Å²) in [5, 5.41) is 5.19. The van der Waals surface area contributed by atoms with Gasteiger partial charge in [0.15, 0.2) is 0 Å². The molecule has 33 heavy (non-hydrogen) atoms. The van der Waals surface area contributed by atoms with Crippen molar-refractivity contribution >= 4 is 50.6 Å². The number of benzene rings is 3. The molecule has 0 saturated carbocycles. The highest BCUT2D eigenvalue weighted by Gasteiger charge is 2.27. The number of esters is 1. The molecule has 0 bridgehead atoms. The van der Waals surface area contributed by atoms with E-state index in [0.29, 0.717) is 5.56 Å². The van der Waals surface area contributed by atoms with Crippen molar-refractivity contribution in [2.24, 2.45) is 0 Å². The molecule has 1 aliphatic carbocycles. The summed E-state index contributed by atoms with van der Waals surface area (Å²) in [7, 11) is 0. The first-order chi connectivity index (χ1) is 16.3. The molecule has 160 valence electrons. The third-order valence-electron chi connectivity index (χ3n) is 6.24. The normalized spacial score (nSPS) is 14.1. The topological polar surface area (TPSA) is 39.2 Å². The van der Waals surface area contributed by atoms with Gasteiger partial charge in [-0.3, -0.25) is 0 Å². The van der Waals surface area contributed by atoms with Crippen LogP contribution in [0, 0.1) is 0 Å². The van der Waals surface area contributed by atoms with Gasteiger partial charge < -0.3 is 4.74 Å². The summed E-state index contributed by atoms with van der Waals surface area (Å²) < 4.78 is 5.91. The molecule has 0 fully saturated rings. The van der Waals surface area contributed by atoms with Gasteiger partial charge in [0.1, 0.15) is 6.61 Å². The van der Waals surface area contributed by atoms with Crippen molar-refractivity contribution in [1.82, 2.24) is 4.98 Å². The van der Waals surface area contributed by atoms with Crippen LogP contribution in [-0.4, -0.2) is 11.0 Å². The van der Waals surface area contributed by atoms with E-state index in [2.05, 4.69) is 41.8 Å². The number of hydrogen-bond acceptors (Lipinski definition) is 4. The van der Waals surface area contributed by atoms with E-state index in [1.54, 1.807) is 11.3 Å². The third kappa shape index (κ3) is 3.62. The molecule has 1 aliphatic rings. The van der Waals surface area contributed by atoms with Gasteiger partial charge >= 0.3 is 5.97 Å². The van der Waals surface area contributed by atoms with Crippen molar-refractivity contribution in [3.63, 3.8) is 0 Å². The fraction of sp³-hybridized carbons (Fsp3) is 0.103. The van der Waals surface area contributed by atoms with E-state index in [0.717, 1.165) is 51.3 Å². The van der Waals surface area contributed by atoms with E-state index >= 15 is 0 Å². The van der Waals surface area contributed by atoms with Gasteiger partial charge in [0.05, 0.1) is 16.8 Å². The smallest absolute Gasteiger partial charge is 0.339 e. The molecule has 3 aromatic carbocycles. The Morgan fingerprint density at radius 3 is 2.61 bits per heavy atom. The molecular formula is C29H21NO2S. The third-order valence-corrected chi connectivity index (χ3v) is 7.06. The lowest BCUT2D eigenvalue weighted by Crippen LogP contribution is -2.10. The molecule has 0 aliphatic heterocycles. The molecule has 0 saturated heterocycles. The Kier molecular flexibility index (Phi) is 5.00. The van der Waals surface area contributed by atoms with E-state index in [-0.39, 0.29) is 12.6 Å². The first-order valence-corrected chi connectivity index (χ1v) is 12.0. The lowest BCUT2D eigenvalue weighted by atomic mass is 10.0. The summed E-state index contributed by atoms with van der Waals surface area (Å²) in [6.07, 6.45) is 3.87. The zero-order valence-corrected chi connectivity index (χ0v) is 18.8.